The van der Waals surface area contributed by atoms with Crippen LogP contribution >= 0.6 is 11.6 Å². The molecule has 0 radical (unpaired) electrons. The number of likely N-dealkylation sites (tertiary alicyclic amines) is 1. The van der Waals surface area contributed by atoms with Gasteiger partial charge >= 0.3 is 0 Å². The van der Waals surface area contributed by atoms with E-state index in [4.69, 9.17) is 37.5 Å². The van der Waals surface area contributed by atoms with Crippen molar-refractivity contribution in [3.8, 4) is 5.75 Å². The Kier molecular flexibility index (Phi) is 10.8. The number of nitrogens with two attached hydrogens (primary N) is 2. The van der Waals surface area contributed by atoms with Crippen molar-refractivity contribution in [1.82, 2.24) is 9.96 Å². The first-order chi connectivity index (χ1) is 23.3. The summed E-state index contributed by atoms with van der Waals surface area (Å²) in [6.45, 7) is 9.94. The number of methoxy groups -OCH3 is 1. The van der Waals surface area contributed by atoms with E-state index in [-0.39, 0.29) is 11.9 Å². The van der Waals surface area contributed by atoms with Gasteiger partial charge in [-0.25, -0.2) is 5.06 Å². The number of hydrogen-bond acceptors (Lipinski definition) is 9. The van der Waals surface area contributed by atoms with E-state index in [0.29, 0.717) is 49.2 Å². The van der Waals surface area contributed by atoms with Gasteiger partial charge in [-0.1, -0.05) is 30.3 Å². The first-order valence-electron chi connectivity index (χ1n) is 16.9. The summed E-state index contributed by atoms with van der Waals surface area (Å²) in [4.78, 5) is 23.5. The second-order valence-electron chi connectivity index (χ2n) is 13.2. The molecule has 12 heteroatoms. The molecule has 0 unspecified atom stereocenters. The molecule has 2 aromatic rings. The average molecular weight is 678 g/mol. The number of hydrogen-bond donors (Lipinski definition) is 3. The fourth-order valence-corrected chi connectivity index (χ4v) is 7.80. The highest BCUT2D eigenvalue weighted by Crippen LogP contribution is 2.38. The Labute approximate surface area is 288 Å². The van der Waals surface area contributed by atoms with Crippen LogP contribution in [0.15, 0.2) is 59.9 Å². The number of amidine groups is 1. The number of carbonyl (C=O) groups excluding carboxylic acids is 1. The van der Waals surface area contributed by atoms with Crippen molar-refractivity contribution >= 4 is 34.7 Å². The van der Waals surface area contributed by atoms with E-state index in [1.165, 1.54) is 6.08 Å². The average Bonchev–Trinajstić information content (AvgIpc) is 3.87. The number of piperidine rings is 1. The normalized spacial score (nSPS) is 23.6. The fraction of sp³-hybridized carbons (Fsp3) is 0.500. The topological polar surface area (TPSA) is 131 Å². The highest BCUT2D eigenvalue weighted by atomic mass is 35.5. The van der Waals surface area contributed by atoms with E-state index in [9.17, 15) is 4.79 Å². The fourth-order valence-electron chi connectivity index (χ4n) is 7.61. The number of amides is 1. The van der Waals surface area contributed by atoms with Gasteiger partial charge in [0.05, 0.1) is 43.8 Å². The molecule has 258 valence electrons. The number of hydrazone groups is 1. The van der Waals surface area contributed by atoms with Gasteiger partial charge in [-0.2, -0.15) is 5.10 Å². The number of benzene rings is 2. The number of hydroxylamine groups is 2. The van der Waals surface area contributed by atoms with Gasteiger partial charge in [0.25, 0.3) is 0 Å². The van der Waals surface area contributed by atoms with E-state index >= 15 is 0 Å². The lowest BCUT2D eigenvalue weighted by atomic mass is 9.99. The molecule has 0 aromatic heterocycles. The van der Waals surface area contributed by atoms with E-state index in [1.54, 1.807) is 18.2 Å². The van der Waals surface area contributed by atoms with Crippen LogP contribution in [0.1, 0.15) is 48.8 Å². The minimum atomic E-state index is -0.258. The van der Waals surface area contributed by atoms with Crippen LogP contribution < -0.4 is 26.5 Å². The molecular formula is C36H48ClN7O4. The Hall–Kier alpha value is -3.77. The molecule has 4 saturated heterocycles. The molecule has 4 aliphatic heterocycles. The van der Waals surface area contributed by atoms with Crippen molar-refractivity contribution < 1.29 is 19.1 Å². The Morgan fingerprint density at radius 3 is 2.71 bits per heavy atom. The molecule has 1 amide bonds. The lowest BCUT2D eigenvalue weighted by Gasteiger charge is -2.41. The molecule has 2 bridgehead atoms. The van der Waals surface area contributed by atoms with Crippen LogP contribution in [-0.4, -0.2) is 85.9 Å². The maximum Gasteiger partial charge on any atom is 0.247 e. The van der Waals surface area contributed by atoms with E-state index in [1.807, 2.05) is 31.2 Å². The van der Waals surface area contributed by atoms with Crippen LogP contribution in [0.2, 0.25) is 5.02 Å². The summed E-state index contributed by atoms with van der Waals surface area (Å²) in [5.41, 5.74) is 12.0. The molecule has 3 atom stereocenters. The van der Waals surface area contributed by atoms with Crippen LogP contribution in [0.3, 0.4) is 0 Å². The lowest BCUT2D eigenvalue weighted by molar-refractivity contribution is -0.111. The number of halogens is 1. The van der Waals surface area contributed by atoms with Crippen molar-refractivity contribution in [3.05, 3.63) is 76.5 Å². The first kappa shape index (κ1) is 34.1. The van der Waals surface area contributed by atoms with Crippen LogP contribution in [0.4, 0.5) is 11.4 Å². The summed E-state index contributed by atoms with van der Waals surface area (Å²) in [6.07, 6.45) is 9.42. The molecule has 2 aromatic carbocycles. The van der Waals surface area contributed by atoms with Crippen molar-refractivity contribution in [2.75, 3.05) is 50.2 Å². The van der Waals surface area contributed by atoms with E-state index in [0.717, 1.165) is 97.2 Å². The number of anilines is 2. The van der Waals surface area contributed by atoms with E-state index in [2.05, 4.69) is 32.9 Å². The Morgan fingerprint density at radius 1 is 1.21 bits per heavy atom. The quantitative estimate of drug-likeness (QED) is 0.103. The largest absolute Gasteiger partial charge is 0.496 e. The molecule has 11 nitrogen and oxygen atoms in total. The molecule has 6 rings (SSSR count). The number of carbonyl (C=O) groups is 1. The van der Waals surface area contributed by atoms with Crippen molar-refractivity contribution in [2.45, 2.75) is 76.1 Å². The molecular weight excluding hydrogens is 630 g/mol. The number of nitrogens with one attached hydrogen (secondary N) is 1. The minimum Gasteiger partial charge on any atom is -0.496 e. The third-order valence-corrected chi connectivity index (χ3v) is 10.7. The van der Waals surface area contributed by atoms with Gasteiger partial charge < -0.3 is 31.3 Å². The van der Waals surface area contributed by atoms with Crippen LogP contribution in [-0.2, 0) is 27.2 Å². The number of ether oxygens (including phenoxy) is 2. The zero-order valence-electron chi connectivity index (χ0n) is 28.0. The molecule has 4 fully saturated rings. The van der Waals surface area contributed by atoms with Crippen LogP contribution in [0.5, 0.6) is 5.75 Å². The monoisotopic (exact) mass is 677 g/mol. The summed E-state index contributed by atoms with van der Waals surface area (Å²) < 4.78 is 11.7. The molecule has 5 N–H and O–H groups in total. The number of nitrogens with zero attached hydrogens (tertiary/aromatic N) is 4. The molecule has 4 heterocycles. The van der Waals surface area contributed by atoms with Crippen LogP contribution in [0.25, 0.3) is 0 Å². The number of morpholine rings is 1. The van der Waals surface area contributed by atoms with Gasteiger partial charge in [0.15, 0.2) is 5.84 Å². The second-order valence-corrected chi connectivity index (χ2v) is 13.6. The summed E-state index contributed by atoms with van der Waals surface area (Å²) >= 11 is 6.37. The summed E-state index contributed by atoms with van der Waals surface area (Å²) in [6, 6.07) is 11.1. The smallest absolute Gasteiger partial charge is 0.247 e. The van der Waals surface area contributed by atoms with Crippen molar-refractivity contribution in [3.63, 3.8) is 0 Å². The molecule has 48 heavy (non-hydrogen) atoms. The SMILES string of the molecule is C=CC(=O)Nc1cc(CCC(N)=CC(=NN)N2OCC[C@@H]2Cc2cccc(Cl)c2C)c(OC)cc1N1CCC(N2C[C@H]3C[C@@H]2CO3)CC1. The van der Waals surface area contributed by atoms with Crippen molar-refractivity contribution in [2.24, 2.45) is 16.7 Å². The zero-order chi connectivity index (χ0) is 33.8. The highest BCUT2D eigenvalue weighted by molar-refractivity contribution is 6.31. The Bertz CT molecular complexity index is 1560. The molecule has 0 aliphatic carbocycles. The Balaban J connectivity index is 1.14. The second kappa shape index (κ2) is 15.2. The highest BCUT2D eigenvalue weighted by Gasteiger charge is 2.42. The standard InChI is InChI=1S/C36H48ClN7O4/c1-4-36(45)40-32-17-25(34(46-3)20-33(32)42-13-10-27(11-14-42)43-21-30-19-29(43)22-47-30)8-9-26(38)18-35(41-39)44-28(12-15-48-44)16-24-6-5-7-31(37)23(24)2/h4-7,17-18,20,27-30H,1,8-16,19,21-22,38-39H2,2-3H3,(H,40,45)/t28-,29-,30-/m1/s1. The number of rotatable bonds is 11. The molecule has 0 spiro atoms. The zero-order valence-corrected chi connectivity index (χ0v) is 28.8. The third-order valence-electron chi connectivity index (χ3n) is 10.3. The van der Waals surface area contributed by atoms with Gasteiger partial charge in [-0.05, 0) is 86.8 Å². The predicted octanol–water partition coefficient (Wildman–Crippen LogP) is 4.52. The van der Waals surface area contributed by atoms with Gasteiger partial charge in [0.1, 0.15) is 5.75 Å². The maximum atomic E-state index is 12.5. The summed E-state index contributed by atoms with van der Waals surface area (Å²) in [5.74, 6) is 6.81. The number of allylic oxidation sites excluding steroid dienone is 1. The summed E-state index contributed by atoms with van der Waals surface area (Å²) in [7, 11) is 1.67. The molecule has 0 saturated carbocycles. The van der Waals surface area contributed by atoms with Gasteiger partial charge in [0.2, 0.25) is 5.91 Å². The predicted molar refractivity (Wildman–Crippen MR) is 190 cm³/mol. The van der Waals surface area contributed by atoms with Gasteiger partial charge in [-0.3, -0.25) is 14.5 Å². The molecule has 4 aliphatic rings. The van der Waals surface area contributed by atoms with Crippen molar-refractivity contribution in [1.29, 1.82) is 0 Å². The van der Waals surface area contributed by atoms with E-state index < -0.39 is 0 Å². The Morgan fingerprint density at radius 2 is 2.02 bits per heavy atom. The maximum absolute atomic E-state index is 12.5. The number of fused-ring (bicyclic) bond motifs is 2. The third kappa shape index (κ3) is 7.44. The van der Waals surface area contributed by atoms with Gasteiger partial charge in [-0.15, -0.1) is 0 Å². The lowest BCUT2D eigenvalue weighted by Crippen LogP contribution is -2.49. The first-order valence-corrected chi connectivity index (χ1v) is 17.3. The van der Waals surface area contributed by atoms with Gasteiger partial charge in [0, 0.05) is 54.6 Å². The number of aryl methyl sites for hydroxylation is 1. The minimum absolute atomic E-state index is 0.0433. The summed E-state index contributed by atoms with van der Waals surface area (Å²) in [5, 5.41) is 9.58. The van der Waals surface area contributed by atoms with Crippen LogP contribution in [0, 0.1) is 6.92 Å².